The van der Waals surface area contributed by atoms with Crippen molar-refractivity contribution in [2.75, 3.05) is 0 Å². The molecule has 1 amide bonds. The van der Waals surface area contributed by atoms with E-state index in [9.17, 15) is 28.6 Å². The third-order valence-corrected chi connectivity index (χ3v) is 4.01. The van der Waals surface area contributed by atoms with E-state index in [0.717, 1.165) is 12.1 Å². The summed E-state index contributed by atoms with van der Waals surface area (Å²) in [6, 6.07) is 4.59. The molecule has 152 valence electrons. The van der Waals surface area contributed by atoms with Gasteiger partial charge in [-0.05, 0) is 48.2 Å². The Bertz CT molecular complexity index is 866. The first-order chi connectivity index (χ1) is 13.1. The number of amides is 1. The maximum absolute atomic E-state index is 14.0. The number of carbonyl (C=O) groups excluding carboxylic acids is 1. The predicted octanol–water partition coefficient (Wildman–Crippen LogP) is 4.51. The van der Waals surface area contributed by atoms with E-state index in [-0.39, 0.29) is 28.4 Å². The number of carbonyl (C=O) groups is 2. The quantitative estimate of drug-likeness (QED) is 0.698. The molecule has 0 saturated heterocycles. The molecule has 0 radical (unpaired) electrons. The maximum Gasteiger partial charge on any atom is 0.326 e. The van der Waals surface area contributed by atoms with Crippen molar-refractivity contribution in [1.82, 2.24) is 5.32 Å². The van der Waals surface area contributed by atoms with Crippen LogP contribution < -0.4 is 5.32 Å². The number of rotatable bonds is 5. The summed E-state index contributed by atoms with van der Waals surface area (Å²) >= 11 is 0. The summed E-state index contributed by atoms with van der Waals surface area (Å²) in [7, 11) is 0. The van der Waals surface area contributed by atoms with Crippen LogP contribution in [0.25, 0.3) is 11.1 Å². The smallest absolute Gasteiger partial charge is 0.326 e. The highest BCUT2D eigenvalue weighted by atomic mass is 19.1. The molecule has 2 aromatic rings. The minimum atomic E-state index is -1.20. The van der Waals surface area contributed by atoms with Crippen molar-refractivity contribution in [3.8, 4) is 16.9 Å². The van der Waals surface area contributed by atoms with E-state index in [0.29, 0.717) is 5.56 Å². The molecule has 0 bridgehead atoms. The van der Waals surface area contributed by atoms with Crippen LogP contribution in [0.4, 0.5) is 8.78 Å². The third kappa shape index (κ3) is 5.28. The summed E-state index contributed by atoms with van der Waals surface area (Å²) in [6.45, 7) is 8.79. The van der Waals surface area contributed by atoms with Gasteiger partial charge in [0.2, 0.25) is 0 Å². The molecule has 0 aromatic heterocycles. The molecule has 28 heavy (non-hydrogen) atoms. The Kier molecular flexibility index (Phi) is 8.10. The highest BCUT2D eigenvalue weighted by Gasteiger charge is 2.26. The van der Waals surface area contributed by atoms with Crippen LogP contribution in [0, 0.1) is 24.5 Å². The third-order valence-electron chi connectivity index (χ3n) is 4.01. The van der Waals surface area contributed by atoms with Gasteiger partial charge in [-0.3, -0.25) is 4.79 Å². The van der Waals surface area contributed by atoms with E-state index in [2.05, 4.69) is 5.32 Å². The molecule has 0 spiro atoms. The number of phenolic OH excluding ortho intramolecular Hbond substituents is 1. The number of hydrogen-bond donors (Lipinski definition) is 3. The number of carboxylic acid groups (broad SMARTS) is 1. The molecule has 2 aromatic carbocycles. The first kappa shape index (κ1) is 23.1. The Morgan fingerprint density at radius 3 is 2.18 bits per heavy atom. The van der Waals surface area contributed by atoms with Crippen molar-refractivity contribution in [2.24, 2.45) is 5.92 Å². The maximum atomic E-state index is 14.0. The van der Waals surface area contributed by atoms with Gasteiger partial charge in [-0.1, -0.05) is 27.7 Å². The fourth-order valence-electron chi connectivity index (χ4n) is 2.56. The Balaban J connectivity index is 0.00000190. The molecule has 2 rings (SSSR count). The zero-order valence-corrected chi connectivity index (χ0v) is 16.5. The van der Waals surface area contributed by atoms with Gasteiger partial charge in [-0.15, -0.1) is 0 Å². The second-order valence-electron chi connectivity index (χ2n) is 6.35. The molecular weight excluding hydrogens is 368 g/mol. The average molecular weight is 393 g/mol. The van der Waals surface area contributed by atoms with E-state index in [1.165, 1.54) is 25.1 Å². The summed E-state index contributed by atoms with van der Waals surface area (Å²) in [6.07, 6.45) is 0. The largest absolute Gasteiger partial charge is 0.507 e. The number of aliphatic carboxylic acids is 1. The van der Waals surface area contributed by atoms with Crippen molar-refractivity contribution >= 4 is 11.9 Å². The van der Waals surface area contributed by atoms with E-state index in [4.69, 9.17) is 0 Å². The second kappa shape index (κ2) is 9.82. The van der Waals surface area contributed by atoms with Crippen LogP contribution in [-0.4, -0.2) is 28.1 Å². The van der Waals surface area contributed by atoms with Gasteiger partial charge in [-0.25, -0.2) is 13.6 Å². The van der Waals surface area contributed by atoms with Crippen LogP contribution >= 0.6 is 0 Å². The Labute approximate surface area is 163 Å². The van der Waals surface area contributed by atoms with Crippen LogP contribution in [0.3, 0.4) is 0 Å². The first-order valence-electron chi connectivity index (χ1n) is 8.94. The topological polar surface area (TPSA) is 86.6 Å². The molecule has 7 heteroatoms. The summed E-state index contributed by atoms with van der Waals surface area (Å²) in [5.41, 5.74) is 0.435. The number of hydrogen-bond acceptors (Lipinski definition) is 3. The Hall–Kier alpha value is -2.96. The Morgan fingerprint density at radius 1 is 1.07 bits per heavy atom. The molecule has 0 fully saturated rings. The number of halogens is 2. The number of phenols is 1. The van der Waals surface area contributed by atoms with Gasteiger partial charge in [0, 0.05) is 11.6 Å². The number of carboxylic acids is 1. The molecule has 5 nitrogen and oxygen atoms in total. The van der Waals surface area contributed by atoms with Crippen molar-refractivity contribution in [2.45, 2.75) is 40.7 Å². The highest BCUT2D eigenvalue weighted by molar-refractivity contribution is 6.00. The van der Waals surface area contributed by atoms with Gasteiger partial charge in [0.1, 0.15) is 23.4 Å². The zero-order valence-electron chi connectivity index (χ0n) is 16.5. The lowest BCUT2D eigenvalue weighted by atomic mass is 9.97. The molecule has 3 N–H and O–H groups in total. The van der Waals surface area contributed by atoms with Crippen LogP contribution in [-0.2, 0) is 4.79 Å². The number of aromatic hydroxyl groups is 1. The second-order valence-corrected chi connectivity index (χ2v) is 6.35. The number of nitrogens with one attached hydrogen (secondary N) is 1. The first-order valence-corrected chi connectivity index (χ1v) is 8.94. The zero-order chi connectivity index (χ0) is 21.6. The van der Waals surface area contributed by atoms with Crippen molar-refractivity contribution in [3.05, 3.63) is 53.1 Å². The molecule has 0 aliphatic carbocycles. The van der Waals surface area contributed by atoms with Gasteiger partial charge >= 0.3 is 5.97 Å². The summed E-state index contributed by atoms with van der Waals surface area (Å²) < 4.78 is 27.2. The van der Waals surface area contributed by atoms with E-state index >= 15 is 0 Å². The molecule has 0 heterocycles. The fraction of sp³-hybridized carbons (Fsp3) is 0.333. The average Bonchev–Trinajstić information content (AvgIpc) is 2.63. The minimum absolute atomic E-state index is 0.0576. The predicted molar refractivity (Wildman–Crippen MR) is 103 cm³/mol. The summed E-state index contributed by atoms with van der Waals surface area (Å²) in [4.78, 5) is 23.7. The number of aryl methyl sites for hydroxylation is 1. The van der Waals surface area contributed by atoms with Gasteiger partial charge < -0.3 is 15.5 Å². The molecule has 0 aliphatic heterocycles. The molecular formula is C21H25F2NO4. The SMILES string of the molecule is CC.Cc1cc(-c2ccc(F)cc2F)cc(C(=O)NC(C(=O)O)C(C)C)c1O. The fourth-order valence-corrected chi connectivity index (χ4v) is 2.56. The molecule has 0 saturated carbocycles. The van der Waals surface area contributed by atoms with Crippen LogP contribution in [0.5, 0.6) is 5.75 Å². The van der Waals surface area contributed by atoms with Crippen LogP contribution in [0.15, 0.2) is 30.3 Å². The van der Waals surface area contributed by atoms with Gasteiger partial charge in [0.25, 0.3) is 5.91 Å². The van der Waals surface area contributed by atoms with Crippen LogP contribution in [0.1, 0.15) is 43.6 Å². The van der Waals surface area contributed by atoms with E-state index in [1.807, 2.05) is 13.8 Å². The molecule has 1 unspecified atom stereocenters. The van der Waals surface area contributed by atoms with Crippen molar-refractivity contribution in [1.29, 1.82) is 0 Å². The van der Waals surface area contributed by atoms with Gasteiger partial charge in [0.15, 0.2) is 0 Å². The lowest BCUT2D eigenvalue weighted by molar-refractivity contribution is -0.140. The van der Waals surface area contributed by atoms with Gasteiger partial charge in [0.05, 0.1) is 5.56 Å². The summed E-state index contributed by atoms with van der Waals surface area (Å²) in [5.74, 6) is -4.26. The summed E-state index contributed by atoms with van der Waals surface area (Å²) in [5, 5.41) is 21.7. The van der Waals surface area contributed by atoms with E-state index in [1.54, 1.807) is 13.8 Å². The van der Waals surface area contributed by atoms with Crippen molar-refractivity contribution in [3.63, 3.8) is 0 Å². The monoisotopic (exact) mass is 393 g/mol. The van der Waals surface area contributed by atoms with Crippen molar-refractivity contribution < 1.29 is 28.6 Å². The Morgan fingerprint density at radius 2 is 1.68 bits per heavy atom. The standard InChI is InChI=1S/C19H19F2NO4.C2H6/c1-9(2)16(19(25)26)22-18(24)14-7-11(6-10(3)17(14)23)13-5-4-12(20)8-15(13)21;1-2/h4-9,16,23H,1-3H3,(H,22,24)(H,25,26);1-2H3. The van der Waals surface area contributed by atoms with E-state index < -0.39 is 29.6 Å². The van der Waals surface area contributed by atoms with Gasteiger partial charge in [-0.2, -0.15) is 0 Å². The molecule has 1 atom stereocenters. The minimum Gasteiger partial charge on any atom is -0.507 e. The number of benzene rings is 2. The lowest BCUT2D eigenvalue weighted by Gasteiger charge is -2.19. The normalized spacial score (nSPS) is 11.4. The highest BCUT2D eigenvalue weighted by Crippen LogP contribution is 2.31. The molecule has 0 aliphatic rings. The van der Waals surface area contributed by atoms with Crippen LogP contribution in [0.2, 0.25) is 0 Å². The lowest BCUT2D eigenvalue weighted by Crippen LogP contribution is -2.44.